The van der Waals surface area contributed by atoms with E-state index >= 15 is 0 Å². The lowest BCUT2D eigenvalue weighted by Crippen LogP contribution is -2.33. The number of thioether (sulfide) groups is 1. The molecule has 1 aliphatic heterocycles. The number of rotatable bonds is 2. The van der Waals surface area contributed by atoms with Gasteiger partial charge in [0.15, 0.2) is 10.7 Å². The fourth-order valence-corrected chi connectivity index (χ4v) is 3.69. The van der Waals surface area contributed by atoms with E-state index in [0.29, 0.717) is 13.1 Å². The molecule has 1 aromatic heterocycles. The molecule has 1 aromatic rings. The molecule has 1 fully saturated rings. The highest BCUT2D eigenvalue weighted by molar-refractivity contribution is 8.00. The third kappa shape index (κ3) is 3.48. The summed E-state index contributed by atoms with van der Waals surface area (Å²) in [5.41, 5.74) is -0.0575. The molecule has 0 radical (unpaired) electrons. The molecule has 1 N–H and O–H groups in total. The normalized spacial score (nSPS) is 18.9. The lowest BCUT2D eigenvalue weighted by molar-refractivity contribution is 0.0691. The molecule has 0 aromatic carbocycles. The molecular weight excluding hydrogens is 284 g/mol. The van der Waals surface area contributed by atoms with Crippen LogP contribution >= 0.6 is 23.1 Å². The van der Waals surface area contributed by atoms with Crippen molar-refractivity contribution in [2.45, 2.75) is 25.0 Å². The van der Waals surface area contributed by atoms with Crippen LogP contribution in [0.4, 0.5) is 0 Å². The van der Waals surface area contributed by atoms with Crippen molar-refractivity contribution in [2.24, 2.45) is 0 Å². The summed E-state index contributed by atoms with van der Waals surface area (Å²) in [5.74, 6) is -0.353. The number of thiazole rings is 1. The number of carbonyl (C=O) groups is 2. The molecule has 5 nitrogen and oxygen atoms in total. The molecule has 0 atom stereocenters. The predicted molar refractivity (Wildman–Crippen MR) is 76.1 cm³/mol. The van der Waals surface area contributed by atoms with Gasteiger partial charge in [-0.3, -0.25) is 4.79 Å². The number of aromatic carboxylic acids is 1. The number of hydrogen-bond acceptors (Lipinski definition) is 5. The summed E-state index contributed by atoms with van der Waals surface area (Å²) in [6, 6.07) is 0. The third-order valence-electron chi connectivity index (χ3n) is 3.03. The zero-order valence-electron chi connectivity index (χ0n) is 10.9. The van der Waals surface area contributed by atoms with Crippen LogP contribution in [-0.2, 0) is 0 Å². The van der Waals surface area contributed by atoms with Crippen molar-refractivity contribution in [1.29, 1.82) is 0 Å². The van der Waals surface area contributed by atoms with Crippen molar-refractivity contribution in [2.75, 3.05) is 18.8 Å². The van der Waals surface area contributed by atoms with Gasteiger partial charge in [0.2, 0.25) is 0 Å². The van der Waals surface area contributed by atoms with E-state index in [1.165, 1.54) is 5.38 Å². The van der Waals surface area contributed by atoms with E-state index in [9.17, 15) is 9.59 Å². The zero-order chi connectivity index (χ0) is 14.0. The Labute approximate surface area is 120 Å². The number of carbonyl (C=O) groups excluding carboxylic acids is 1. The SMILES string of the molecule is CC1(C)CCN(C(=O)c2nc(C(=O)O)cs2)CCS1. The summed E-state index contributed by atoms with van der Waals surface area (Å²) in [6.45, 7) is 5.74. The van der Waals surface area contributed by atoms with Crippen LogP contribution in [0.5, 0.6) is 0 Å². The lowest BCUT2D eigenvalue weighted by atomic mass is 10.1. The molecule has 0 unspecified atom stereocenters. The second kappa shape index (κ2) is 5.50. The van der Waals surface area contributed by atoms with E-state index in [1.807, 2.05) is 11.8 Å². The number of aromatic nitrogens is 1. The van der Waals surface area contributed by atoms with Crippen LogP contribution in [0, 0.1) is 0 Å². The van der Waals surface area contributed by atoms with E-state index in [2.05, 4.69) is 18.8 Å². The molecule has 7 heteroatoms. The molecule has 2 rings (SSSR count). The number of hydrogen-bond donors (Lipinski definition) is 1. The van der Waals surface area contributed by atoms with E-state index in [1.54, 1.807) is 4.90 Å². The van der Waals surface area contributed by atoms with Gasteiger partial charge >= 0.3 is 5.97 Å². The first kappa shape index (κ1) is 14.3. The molecule has 0 spiro atoms. The Morgan fingerprint density at radius 1 is 1.42 bits per heavy atom. The highest BCUT2D eigenvalue weighted by Gasteiger charge is 2.27. The maximum atomic E-state index is 12.3. The Balaban J connectivity index is 2.08. The van der Waals surface area contributed by atoms with Gasteiger partial charge in [0.05, 0.1) is 0 Å². The topological polar surface area (TPSA) is 70.5 Å². The first-order chi connectivity index (χ1) is 8.89. The fourth-order valence-electron chi connectivity index (χ4n) is 1.83. The van der Waals surface area contributed by atoms with Crippen LogP contribution in [0.3, 0.4) is 0 Å². The largest absolute Gasteiger partial charge is 0.476 e. The average Bonchev–Trinajstić information content (AvgIpc) is 2.75. The minimum Gasteiger partial charge on any atom is -0.476 e. The number of carboxylic acids is 1. The summed E-state index contributed by atoms with van der Waals surface area (Å²) in [5, 5.41) is 10.5. The van der Waals surface area contributed by atoms with E-state index < -0.39 is 5.97 Å². The Hall–Kier alpha value is -1.08. The smallest absolute Gasteiger partial charge is 0.355 e. The minimum atomic E-state index is -1.09. The number of carboxylic acid groups (broad SMARTS) is 1. The van der Waals surface area contributed by atoms with Gasteiger partial charge in [0.25, 0.3) is 5.91 Å². The van der Waals surface area contributed by atoms with Crippen molar-refractivity contribution < 1.29 is 14.7 Å². The highest BCUT2D eigenvalue weighted by Crippen LogP contribution is 2.31. The molecule has 1 amide bonds. The van der Waals surface area contributed by atoms with Crippen molar-refractivity contribution in [3.05, 3.63) is 16.1 Å². The van der Waals surface area contributed by atoms with Crippen LogP contribution < -0.4 is 0 Å². The van der Waals surface area contributed by atoms with Gasteiger partial charge in [-0.25, -0.2) is 9.78 Å². The Morgan fingerprint density at radius 3 is 2.79 bits per heavy atom. The van der Waals surface area contributed by atoms with Gasteiger partial charge < -0.3 is 10.0 Å². The Kier molecular flexibility index (Phi) is 4.15. The summed E-state index contributed by atoms with van der Waals surface area (Å²) in [4.78, 5) is 28.7. The van der Waals surface area contributed by atoms with Crippen molar-refractivity contribution in [3.8, 4) is 0 Å². The van der Waals surface area contributed by atoms with Crippen LogP contribution in [0.1, 0.15) is 40.6 Å². The Bertz CT molecular complexity index is 499. The molecule has 0 bridgehead atoms. The maximum absolute atomic E-state index is 12.3. The van der Waals surface area contributed by atoms with E-state index in [-0.39, 0.29) is 21.4 Å². The van der Waals surface area contributed by atoms with Crippen LogP contribution in [-0.4, -0.2) is 50.5 Å². The molecule has 0 aliphatic carbocycles. The van der Waals surface area contributed by atoms with Gasteiger partial charge in [-0.15, -0.1) is 11.3 Å². The molecule has 1 aliphatic rings. The van der Waals surface area contributed by atoms with E-state index in [4.69, 9.17) is 5.11 Å². The minimum absolute atomic E-state index is 0.0575. The van der Waals surface area contributed by atoms with Gasteiger partial charge in [0.1, 0.15) is 0 Å². The molecular formula is C12H16N2O3S2. The summed E-state index contributed by atoms with van der Waals surface area (Å²) in [6.07, 6.45) is 0.931. The number of amides is 1. The van der Waals surface area contributed by atoms with Gasteiger partial charge in [-0.1, -0.05) is 13.8 Å². The van der Waals surface area contributed by atoms with Crippen molar-refractivity contribution in [1.82, 2.24) is 9.88 Å². The molecule has 104 valence electrons. The Morgan fingerprint density at radius 2 is 2.16 bits per heavy atom. The summed E-state index contributed by atoms with van der Waals surface area (Å²) in [7, 11) is 0. The highest BCUT2D eigenvalue weighted by atomic mass is 32.2. The molecule has 1 saturated heterocycles. The standard InChI is InChI=1S/C12H16N2O3S2/c1-12(2)3-4-14(5-6-19-12)10(15)9-13-8(7-18-9)11(16)17/h7H,3-6H2,1-2H3,(H,16,17). The average molecular weight is 300 g/mol. The molecule has 0 saturated carbocycles. The summed E-state index contributed by atoms with van der Waals surface area (Å²) >= 11 is 2.96. The van der Waals surface area contributed by atoms with Crippen molar-refractivity contribution >= 4 is 35.0 Å². The fraction of sp³-hybridized carbons (Fsp3) is 0.583. The first-order valence-corrected chi connectivity index (χ1v) is 7.88. The molecule has 19 heavy (non-hydrogen) atoms. The van der Waals surface area contributed by atoms with Gasteiger partial charge in [-0.2, -0.15) is 11.8 Å². The quantitative estimate of drug-likeness (QED) is 0.906. The third-order valence-corrected chi connectivity index (χ3v) is 5.23. The van der Waals surface area contributed by atoms with E-state index in [0.717, 1.165) is 23.5 Å². The number of nitrogens with zero attached hydrogens (tertiary/aromatic N) is 2. The predicted octanol–water partition coefficient (Wildman–Crippen LogP) is 2.20. The second-order valence-electron chi connectivity index (χ2n) is 4.99. The van der Waals surface area contributed by atoms with Crippen LogP contribution in [0.15, 0.2) is 5.38 Å². The zero-order valence-corrected chi connectivity index (χ0v) is 12.5. The van der Waals surface area contributed by atoms with Crippen molar-refractivity contribution in [3.63, 3.8) is 0 Å². The van der Waals surface area contributed by atoms with Crippen LogP contribution in [0.25, 0.3) is 0 Å². The van der Waals surface area contributed by atoms with Crippen LogP contribution in [0.2, 0.25) is 0 Å². The van der Waals surface area contributed by atoms with Gasteiger partial charge in [-0.05, 0) is 6.42 Å². The van der Waals surface area contributed by atoms with Gasteiger partial charge in [0, 0.05) is 29.0 Å². The molecule has 2 heterocycles. The summed E-state index contributed by atoms with van der Waals surface area (Å²) < 4.78 is 0.185. The lowest BCUT2D eigenvalue weighted by Gasteiger charge is -2.22. The second-order valence-corrected chi connectivity index (χ2v) is 7.65. The maximum Gasteiger partial charge on any atom is 0.355 e. The monoisotopic (exact) mass is 300 g/mol. The first-order valence-electron chi connectivity index (χ1n) is 6.01.